The van der Waals surface area contributed by atoms with Crippen molar-refractivity contribution in [2.45, 2.75) is 26.4 Å². The second kappa shape index (κ2) is 5.24. The fourth-order valence-corrected chi connectivity index (χ4v) is 1.97. The van der Waals surface area contributed by atoms with Crippen LogP contribution in [0.5, 0.6) is 0 Å². The number of anilines is 1. The third-order valence-corrected chi connectivity index (χ3v) is 2.88. The summed E-state index contributed by atoms with van der Waals surface area (Å²) in [6.07, 6.45) is 0.667. The van der Waals surface area contributed by atoms with E-state index < -0.39 is 0 Å². The summed E-state index contributed by atoms with van der Waals surface area (Å²) in [4.78, 5) is 8.35. The van der Waals surface area contributed by atoms with Crippen molar-refractivity contribution < 1.29 is 9.26 Å². The number of ether oxygens (including phenoxy) is 1. The van der Waals surface area contributed by atoms with Crippen molar-refractivity contribution in [1.82, 2.24) is 15.1 Å². The first-order chi connectivity index (χ1) is 8.24. The van der Waals surface area contributed by atoms with Gasteiger partial charge in [0.15, 0.2) is 5.13 Å². The van der Waals surface area contributed by atoms with Crippen LogP contribution in [-0.4, -0.2) is 21.7 Å². The van der Waals surface area contributed by atoms with Crippen molar-refractivity contribution in [2.75, 3.05) is 12.3 Å². The van der Waals surface area contributed by atoms with E-state index in [9.17, 15) is 0 Å². The molecule has 92 valence electrons. The van der Waals surface area contributed by atoms with E-state index in [1.54, 1.807) is 5.38 Å². The molecule has 0 spiro atoms. The van der Waals surface area contributed by atoms with Gasteiger partial charge in [0.05, 0.1) is 0 Å². The van der Waals surface area contributed by atoms with E-state index in [-0.39, 0.29) is 6.10 Å². The van der Waals surface area contributed by atoms with E-state index in [0.717, 1.165) is 6.42 Å². The minimum Gasteiger partial charge on any atom is -0.375 e. The van der Waals surface area contributed by atoms with E-state index in [1.165, 1.54) is 11.3 Å². The molecule has 2 aromatic heterocycles. The Balaban J connectivity index is 2.20. The molecular formula is C10H14N4O2S. The van der Waals surface area contributed by atoms with E-state index in [4.69, 9.17) is 15.0 Å². The van der Waals surface area contributed by atoms with Crippen LogP contribution in [0.1, 0.15) is 32.2 Å². The number of hydrogen-bond acceptors (Lipinski definition) is 7. The third kappa shape index (κ3) is 2.62. The largest absolute Gasteiger partial charge is 0.375 e. The lowest BCUT2D eigenvalue weighted by atomic mass is 10.2. The van der Waals surface area contributed by atoms with Crippen molar-refractivity contribution >= 4 is 16.5 Å². The van der Waals surface area contributed by atoms with Crippen molar-refractivity contribution in [3.05, 3.63) is 11.2 Å². The molecule has 1 unspecified atom stereocenters. The molecule has 2 heterocycles. The van der Waals surface area contributed by atoms with Crippen LogP contribution in [0, 0.1) is 0 Å². The van der Waals surface area contributed by atoms with Crippen LogP contribution in [-0.2, 0) is 4.74 Å². The number of aromatic nitrogens is 3. The maximum absolute atomic E-state index is 5.55. The average molecular weight is 254 g/mol. The smallest absolute Gasteiger partial charge is 0.277 e. The SMILES string of the molecule is CCOC(CC)c1noc(-c2csc(N)n2)n1. The minimum absolute atomic E-state index is 0.131. The molecule has 0 aliphatic carbocycles. The van der Waals surface area contributed by atoms with Crippen LogP contribution in [0.3, 0.4) is 0 Å². The summed E-state index contributed by atoms with van der Waals surface area (Å²) in [6, 6.07) is 0. The van der Waals surface area contributed by atoms with Crippen LogP contribution < -0.4 is 5.73 Å². The molecule has 17 heavy (non-hydrogen) atoms. The van der Waals surface area contributed by atoms with Gasteiger partial charge in [-0.25, -0.2) is 4.98 Å². The number of thiazole rings is 1. The molecule has 7 heteroatoms. The Morgan fingerprint density at radius 1 is 1.47 bits per heavy atom. The summed E-state index contributed by atoms with van der Waals surface area (Å²) in [7, 11) is 0. The molecule has 0 aliphatic heterocycles. The van der Waals surface area contributed by atoms with Gasteiger partial charge in [0.1, 0.15) is 11.8 Å². The van der Waals surface area contributed by atoms with Gasteiger partial charge in [-0.2, -0.15) is 4.98 Å². The molecular weight excluding hydrogens is 240 g/mol. The first kappa shape index (κ1) is 12.0. The maximum Gasteiger partial charge on any atom is 0.277 e. The minimum atomic E-state index is -0.131. The standard InChI is InChI=1S/C10H14N4O2S/c1-3-7(15-4-2)8-13-9(16-14-8)6-5-17-10(11)12-6/h5,7H,3-4H2,1-2H3,(H2,11,12). The molecule has 0 amide bonds. The summed E-state index contributed by atoms with van der Waals surface area (Å²) >= 11 is 1.34. The highest BCUT2D eigenvalue weighted by Crippen LogP contribution is 2.24. The Morgan fingerprint density at radius 2 is 2.29 bits per heavy atom. The average Bonchev–Trinajstić information content (AvgIpc) is 2.94. The lowest BCUT2D eigenvalue weighted by Gasteiger charge is -2.09. The molecule has 0 saturated carbocycles. The zero-order valence-corrected chi connectivity index (χ0v) is 10.5. The lowest BCUT2D eigenvalue weighted by molar-refractivity contribution is 0.0518. The van der Waals surface area contributed by atoms with Crippen LogP contribution >= 0.6 is 11.3 Å². The molecule has 0 radical (unpaired) electrons. The number of nitrogens with zero attached hydrogens (tertiary/aromatic N) is 3. The Morgan fingerprint density at radius 3 is 2.88 bits per heavy atom. The number of nitrogen functional groups attached to an aromatic ring is 1. The quantitative estimate of drug-likeness (QED) is 0.880. The van der Waals surface area contributed by atoms with Crippen molar-refractivity contribution in [1.29, 1.82) is 0 Å². The van der Waals surface area contributed by atoms with Crippen molar-refractivity contribution in [3.8, 4) is 11.6 Å². The second-order valence-electron chi connectivity index (χ2n) is 3.38. The van der Waals surface area contributed by atoms with Crippen LogP contribution in [0.2, 0.25) is 0 Å². The zero-order chi connectivity index (χ0) is 12.3. The predicted octanol–water partition coefficient (Wildman–Crippen LogP) is 2.26. The molecule has 2 N–H and O–H groups in total. The fourth-order valence-electron chi connectivity index (χ4n) is 1.43. The molecule has 0 fully saturated rings. The number of nitrogens with two attached hydrogens (primary N) is 1. The van der Waals surface area contributed by atoms with E-state index >= 15 is 0 Å². The van der Waals surface area contributed by atoms with E-state index in [0.29, 0.717) is 29.1 Å². The summed E-state index contributed by atoms with van der Waals surface area (Å²) in [5, 5.41) is 6.17. The molecule has 0 bridgehead atoms. The fraction of sp³-hybridized carbons (Fsp3) is 0.500. The summed E-state index contributed by atoms with van der Waals surface area (Å²) < 4.78 is 10.6. The highest BCUT2D eigenvalue weighted by atomic mass is 32.1. The van der Waals surface area contributed by atoms with Crippen molar-refractivity contribution in [3.63, 3.8) is 0 Å². The molecule has 0 saturated heterocycles. The Kier molecular flexibility index (Phi) is 3.70. The Hall–Kier alpha value is -1.47. The first-order valence-corrected chi connectivity index (χ1v) is 6.29. The number of hydrogen-bond donors (Lipinski definition) is 1. The highest BCUT2D eigenvalue weighted by molar-refractivity contribution is 7.13. The monoisotopic (exact) mass is 254 g/mol. The van der Waals surface area contributed by atoms with Gasteiger partial charge >= 0.3 is 0 Å². The molecule has 0 aromatic carbocycles. The Bertz CT molecular complexity index is 482. The van der Waals surface area contributed by atoms with Gasteiger partial charge in [-0.15, -0.1) is 11.3 Å². The van der Waals surface area contributed by atoms with E-state index in [2.05, 4.69) is 15.1 Å². The zero-order valence-electron chi connectivity index (χ0n) is 9.71. The highest BCUT2D eigenvalue weighted by Gasteiger charge is 2.18. The number of rotatable bonds is 5. The van der Waals surface area contributed by atoms with Gasteiger partial charge < -0.3 is 15.0 Å². The van der Waals surface area contributed by atoms with Gasteiger partial charge in [-0.1, -0.05) is 12.1 Å². The van der Waals surface area contributed by atoms with Gasteiger partial charge in [-0.3, -0.25) is 0 Å². The van der Waals surface area contributed by atoms with Crippen LogP contribution in [0.4, 0.5) is 5.13 Å². The topological polar surface area (TPSA) is 87.1 Å². The molecule has 0 aliphatic rings. The van der Waals surface area contributed by atoms with Crippen molar-refractivity contribution in [2.24, 2.45) is 0 Å². The Labute approximate surface area is 103 Å². The van der Waals surface area contributed by atoms with E-state index in [1.807, 2.05) is 13.8 Å². The van der Waals surface area contributed by atoms with Crippen LogP contribution in [0.15, 0.2) is 9.90 Å². The summed E-state index contributed by atoms with van der Waals surface area (Å²) in [5.74, 6) is 0.932. The van der Waals surface area contributed by atoms with Gasteiger partial charge in [0.2, 0.25) is 5.82 Å². The van der Waals surface area contributed by atoms with Gasteiger partial charge in [0, 0.05) is 12.0 Å². The predicted molar refractivity (Wildman–Crippen MR) is 64.5 cm³/mol. The summed E-state index contributed by atoms with van der Waals surface area (Å²) in [6.45, 7) is 4.56. The van der Waals surface area contributed by atoms with Gasteiger partial charge in [0.25, 0.3) is 5.89 Å². The van der Waals surface area contributed by atoms with Gasteiger partial charge in [-0.05, 0) is 13.3 Å². The molecule has 1 atom stereocenters. The third-order valence-electron chi connectivity index (χ3n) is 2.21. The summed E-state index contributed by atoms with van der Waals surface area (Å²) in [5.41, 5.74) is 6.16. The maximum atomic E-state index is 5.55. The molecule has 6 nitrogen and oxygen atoms in total. The van der Waals surface area contributed by atoms with Crippen LogP contribution in [0.25, 0.3) is 11.6 Å². The molecule has 2 rings (SSSR count). The second-order valence-corrected chi connectivity index (χ2v) is 4.27. The molecule has 2 aromatic rings. The first-order valence-electron chi connectivity index (χ1n) is 5.41. The lowest BCUT2D eigenvalue weighted by Crippen LogP contribution is -2.04. The normalized spacial score (nSPS) is 12.8.